The van der Waals surface area contributed by atoms with Crippen molar-refractivity contribution in [3.63, 3.8) is 0 Å². The van der Waals surface area contributed by atoms with Gasteiger partial charge < -0.3 is 5.73 Å². The Morgan fingerprint density at radius 2 is 1.88 bits per heavy atom. The SMILES string of the molecule is CC(C)(C)c1cc2cc(Br)ccc2nc1N. The molecule has 2 aromatic rings. The number of nitrogen functional groups attached to an aromatic ring is 1. The first kappa shape index (κ1) is 11.4. The summed E-state index contributed by atoms with van der Waals surface area (Å²) in [6, 6.07) is 8.15. The van der Waals surface area contributed by atoms with Gasteiger partial charge in [0, 0.05) is 15.4 Å². The van der Waals surface area contributed by atoms with Crippen LogP contribution in [0.5, 0.6) is 0 Å². The third-order valence-corrected chi connectivity index (χ3v) is 3.11. The number of halogens is 1. The van der Waals surface area contributed by atoms with Crippen LogP contribution in [0, 0.1) is 0 Å². The smallest absolute Gasteiger partial charge is 0.127 e. The fraction of sp³-hybridized carbons (Fsp3) is 0.308. The maximum Gasteiger partial charge on any atom is 0.127 e. The van der Waals surface area contributed by atoms with Crippen molar-refractivity contribution in [3.05, 3.63) is 34.3 Å². The molecule has 0 fully saturated rings. The molecule has 16 heavy (non-hydrogen) atoms. The predicted octanol–water partition coefficient (Wildman–Crippen LogP) is 3.88. The van der Waals surface area contributed by atoms with Crippen LogP contribution >= 0.6 is 15.9 Å². The number of rotatable bonds is 0. The second-order valence-corrected chi connectivity index (χ2v) is 5.92. The molecule has 2 N–H and O–H groups in total. The zero-order valence-corrected chi connectivity index (χ0v) is 11.3. The van der Waals surface area contributed by atoms with Gasteiger partial charge in [0.2, 0.25) is 0 Å². The molecule has 3 heteroatoms. The van der Waals surface area contributed by atoms with E-state index in [4.69, 9.17) is 5.73 Å². The molecular weight excluding hydrogens is 264 g/mol. The molecule has 0 atom stereocenters. The van der Waals surface area contributed by atoms with Crippen LogP contribution in [0.3, 0.4) is 0 Å². The van der Waals surface area contributed by atoms with Crippen LogP contribution in [-0.2, 0) is 5.41 Å². The molecular formula is C13H15BrN2. The molecule has 0 aliphatic rings. The quantitative estimate of drug-likeness (QED) is 0.794. The van der Waals surface area contributed by atoms with Gasteiger partial charge in [-0.05, 0) is 29.7 Å². The van der Waals surface area contributed by atoms with Crippen molar-refractivity contribution in [2.75, 3.05) is 5.73 Å². The Bertz CT molecular complexity index is 541. The van der Waals surface area contributed by atoms with Gasteiger partial charge in [0.05, 0.1) is 5.52 Å². The van der Waals surface area contributed by atoms with Crippen LogP contribution < -0.4 is 5.73 Å². The molecule has 0 bridgehead atoms. The van der Waals surface area contributed by atoms with Crippen LogP contribution in [0.2, 0.25) is 0 Å². The van der Waals surface area contributed by atoms with Crippen molar-refractivity contribution < 1.29 is 0 Å². The summed E-state index contributed by atoms with van der Waals surface area (Å²) in [5.74, 6) is 0.627. The Morgan fingerprint density at radius 3 is 2.50 bits per heavy atom. The van der Waals surface area contributed by atoms with E-state index in [1.165, 1.54) is 0 Å². The maximum absolute atomic E-state index is 5.99. The summed E-state index contributed by atoms with van der Waals surface area (Å²) < 4.78 is 1.06. The lowest BCUT2D eigenvalue weighted by atomic mass is 9.86. The van der Waals surface area contributed by atoms with Crippen LogP contribution in [-0.4, -0.2) is 4.98 Å². The van der Waals surface area contributed by atoms with Gasteiger partial charge in [0.15, 0.2) is 0 Å². The number of nitrogens with zero attached hydrogens (tertiary/aromatic N) is 1. The highest BCUT2D eigenvalue weighted by atomic mass is 79.9. The highest BCUT2D eigenvalue weighted by molar-refractivity contribution is 9.10. The van der Waals surface area contributed by atoms with Gasteiger partial charge in [-0.3, -0.25) is 0 Å². The largest absolute Gasteiger partial charge is 0.383 e. The van der Waals surface area contributed by atoms with Crippen LogP contribution in [0.25, 0.3) is 10.9 Å². The number of nitrogens with two attached hydrogens (primary N) is 1. The van der Waals surface area contributed by atoms with Crippen molar-refractivity contribution in [2.24, 2.45) is 0 Å². The average Bonchev–Trinajstić information content (AvgIpc) is 2.16. The van der Waals surface area contributed by atoms with E-state index in [0.29, 0.717) is 5.82 Å². The van der Waals surface area contributed by atoms with E-state index < -0.39 is 0 Å². The summed E-state index contributed by atoms with van der Waals surface area (Å²) in [5.41, 5.74) is 8.04. The lowest BCUT2D eigenvalue weighted by molar-refractivity contribution is 0.591. The number of hydrogen-bond donors (Lipinski definition) is 1. The monoisotopic (exact) mass is 278 g/mol. The number of aromatic nitrogens is 1. The van der Waals surface area contributed by atoms with Gasteiger partial charge in [-0.1, -0.05) is 36.7 Å². The Morgan fingerprint density at radius 1 is 1.19 bits per heavy atom. The summed E-state index contributed by atoms with van der Waals surface area (Å²) >= 11 is 3.47. The zero-order chi connectivity index (χ0) is 11.9. The van der Waals surface area contributed by atoms with Crippen molar-refractivity contribution in [3.8, 4) is 0 Å². The Hall–Kier alpha value is -1.09. The van der Waals surface area contributed by atoms with E-state index in [9.17, 15) is 0 Å². The topological polar surface area (TPSA) is 38.9 Å². The van der Waals surface area contributed by atoms with Crippen molar-refractivity contribution in [1.29, 1.82) is 0 Å². The minimum Gasteiger partial charge on any atom is -0.383 e. The van der Waals surface area contributed by atoms with Crippen molar-refractivity contribution in [2.45, 2.75) is 26.2 Å². The van der Waals surface area contributed by atoms with Gasteiger partial charge in [-0.15, -0.1) is 0 Å². The van der Waals surface area contributed by atoms with Gasteiger partial charge in [-0.25, -0.2) is 4.98 Å². The first-order chi connectivity index (χ1) is 7.38. The van der Waals surface area contributed by atoms with E-state index in [1.807, 2.05) is 12.1 Å². The van der Waals surface area contributed by atoms with Crippen LogP contribution in [0.1, 0.15) is 26.3 Å². The molecule has 0 spiro atoms. The summed E-state index contributed by atoms with van der Waals surface area (Å²) in [6.07, 6.45) is 0. The van der Waals surface area contributed by atoms with Gasteiger partial charge >= 0.3 is 0 Å². The van der Waals surface area contributed by atoms with E-state index in [-0.39, 0.29) is 5.41 Å². The second kappa shape index (κ2) is 3.74. The Labute approximate surface area is 104 Å². The summed E-state index contributed by atoms with van der Waals surface area (Å²) in [7, 11) is 0. The summed E-state index contributed by atoms with van der Waals surface area (Å²) in [4.78, 5) is 4.44. The molecule has 2 nitrogen and oxygen atoms in total. The van der Waals surface area contributed by atoms with E-state index in [1.54, 1.807) is 0 Å². The lowest BCUT2D eigenvalue weighted by Crippen LogP contribution is -2.14. The normalized spacial score (nSPS) is 12.0. The van der Waals surface area contributed by atoms with Crippen LogP contribution in [0.15, 0.2) is 28.7 Å². The number of pyridine rings is 1. The summed E-state index contributed by atoms with van der Waals surface area (Å²) in [6.45, 7) is 6.43. The number of benzene rings is 1. The molecule has 0 radical (unpaired) electrons. The van der Waals surface area contributed by atoms with Crippen LogP contribution in [0.4, 0.5) is 5.82 Å². The van der Waals surface area contributed by atoms with Gasteiger partial charge in [0.1, 0.15) is 5.82 Å². The lowest BCUT2D eigenvalue weighted by Gasteiger charge is -2.21. The minimum atomic E-state index is 0.0214. The average molecular weight is 279 g/mol. The molecule has 0 saturated carbocycles. The first-order valence-electron chi connectivity index (χ1n) is 5.24. The van der Waals surface area contributed by atoms with Gasteiger partial charge in [0.25, 0.3) is 0 Å². The second-order valence-electron chi connectivity index (χ2n) is 5.01. The number of anilines is 1. The zero-order valence-electron chi connectivity index (χ0n) is 9.71. The molecule has 84 valence electrons. The molecule has 0 aliphatic carbocycles. The fourth-order valence-electron chi connectivity index (χ4n) is 1.76. The van der Waals surface area contributed by atoms with E-state index in [2.05, 4.69) is 53.8 Å². The summed E-state index contributed by atoms with van der Waals surface area (Å²) in [5, 5.41) is 1.12. The molecule has 1 heterocycles. The first-order valence-corrected chi connectivity index (χ1v) is 6.03. The van der Waals surface area contributed by atoms with Crippen molar-refractivity contribution >= 4 is 32.7 Å². The predicted molar refractivity (Wildman–Crippen MR) is 72.6 cm³/mol. The molecule has 1 aromatic heterocycles. The molecule has 0 saturated heterocycles. The highest BCUT2D eigenvalue weighted by Crippen LogP contribution is 2.30. The molecule has 0 amide bonds. The highest BCUT2D eigenvalue weighted by Gasteiger charge is 2.18. The third-order valence-electron chi connectivity index (χ3n) is 2.61. The molecule has 2 rings (SSSR count). The van der Waals surface area contributed by atoms with Gasteiger partial charge in [-0.2, -0.15) is 0 Å². The number of hydrogen-bond acceptors (Lipinski definition) is 2. The minimum absolute atomic E-state index is 0.0214. The van der Waals surface area contributed by atoms with Crippen molar-refractivity contribution in [1.82, 2.24) is 4.98 Å². The van der Waals surface area contributed by atoms with E-state index >= 15 is 0 Å². The Kier molecular flexibility index (Phi) is 2.66. The fourth-order valence-corrected chi connectivity index (χ4v) is 2.14. The molecule has 1 aromatic carbocycles. The number of fused-ring (bicyclic) bond motifs is 1. The standard InChI is InChI=1S/C13H15BrN2/c1-13(2,3)10-7-8-6-9(14)4-5-11(8)16-12(10)15/h4-7H,1-3H3,(H2,15,16). The van der Waals surface area contributed by atoms with E-state index in [0.717, 1.165) is 20.9 Å². The Balaban J connectivity index is 2.74. The third kappa shape index (κ3) is 2.05. The maximum atomic E-state index is 5.99. The molecule has 0 aliphatic heterocycles. The molecule has 0 unspecified atom stereocenters.